The number of carbonyl (C=O) groups excluding carboxylic acids is 1. The molecule has 4 heteroatoms. The highest BCUT2D eigenvalue weighted by Gasteiger charge is 2.02. The van der Waals surface area contributed by atoms with Gasteiger partial charge in [0.2, 0.25) is 5.91 Å². The number of carbonyl (C=O) groups is 1. The van der Waals surface area contributed by atoms with Crippen molar-refractivity contribution in [1.29, 1.82) is 0 Å². The SMILES string of the molecule is CC[C@@H](C)NC(=O)/C=C\c1ccc(F)c(Cl)c1. The molecule has 1 rings (SSSR count). The highest BCUT2D eigenvalue weighted by Crippen LogP contribution is 2.16. The topological polar surface area (TPSA) is 29.1 Å². The molecule has 1 atom stereocenters. The summed E-state index contributed by atoms with van der Waals surface area (Å²) in [5.41, 5.74) is 0.690. The predicted molar refractivity (Wildman–Crippen MR) is 68.3 cm³/mol. The van der Waals surface area contributed by atoms with Crippen LogP contribution in [0.5, 0.6) is 0 Å². The molecule has 0 aliphatic carbocycles. The van der Waals surface area contributed by atoms with Crippen molar-refractivity contribution in [3.05, 3.63) is 40.7 Å². The fourth-order valence-corrected chi connectivity index (χ4v) is 1.37. The normalized spacial score (nSPS) is 12.7. The number of benzene rings is 1. The lowest BCUT2D eigenvalue weighted by Gasteiger charge is -2.08. The number of amides is 1. The second-order valence-electron chi connectivity index (χ2n) is 3.82. The van der Waals surface area contributed by atoms with Crippen LogP contribution in [0.25, 0.3) is 6.08 Å². The second-order valence-corrected chi connectivity index (χ2v) is 4.23. The fourth-order valence-electron chi connectivity index (χ4n) is 1.18. The average molecular weight is 256 g/mol. The van der Waals surface area contributed by atoms with Gasteiger partial charge < -0.3 is 5.32 Å². The molecule has 0 radical (unpaired) electrons. The summed E-state index contributed by atoms with van der Waals surface area (Å²) in [5, 5.41) is 2.84. The molecule has 0 aliphatic heterocycles. The van der Waals surface area contributed by atoms with Gasteiger partial charge in [-0.1, -0.05) is 24.6 Å². The van der Waals surface area contributed by atoms with Crippen LogP contribution in [-0.2, 0) is 4.79 Å². The van der Waals surface area contributed by atoms with Crippen LogP contribution in [0.2, 0.25) is 5.02 Å². The minimum absolute atomic E-state index is 0.0504. The van der Waals surface area contributed by atoms with Crippen LogP contribution >= 0.6 is 11.6 Å². The van der Waals surface area contributed by atoms with Gasteiger partial charge in [-0.15, -0.1) is 0 Å². The van der Waals surface area contributed by atoms with Gasteiger partial charge >= 0.3 is 0 Å². The Labute approximate surface area is 105 Å². The van der Waals surface area contributed by atoms with E-state index in [9.17, 15) is 9.18 Å². The summed E-state index contributed by atoms with van der Waals surface area (Å²) < 4.78 is 12.9. The van der Waals surface area contributed by atoms with Crippen molar-refractivity contribution in [2.45, 2.75) is 26.3 Å². The highest BCUT2D eigenvalue weighted by atomic mass is 35.5. The van der Waals surface area contributed by atoms with Crippen LogP contribution in [0.3, 0.4) is 0 Å². The van der Waals surface area contributed by atoms with E-state index in [1.165, 1.54) is 18.2 Å². The Morgan fingerprint density at radius 3 is 2.88 bits per heavy atom. The van der Waals surface area contributed by atoms with E-state index in [0.717, 1.165) is 6.42 Å². The van der Waals surface area contributed by atoms with E-state index in [1.807, 2.05) is 13.8 Å². The molecule has 1 aromatic rings. The van der Waals surface area contributed by atoms with E-state index in [-0.39, 0.29) is 17.0 Å². The van der Waals surface area contributed by atoms with Gasteiger partial charge in [-0.2, -0.15) is 0 Å². The zero-order chi connectivity index (χ0) is 12.8. The highest BCUT2D eigenvalue weighted by molar-refractivity contribution is 6.30. The van der Waals surface area contributed by atoms with Gasteiger partial charge in [0.25, 0.3) is 0 Å². The third-order valence-electron chi connectivity index (χ3n) is 2.37. The standard InChI is InChI=1S/C13H15ClFNO/c1-3-9(2)16-13(17)7-5-10-4-6-12(15)11(14)8-10/h4-9H,3H2,1-2H3,(H,16,17)/b7-5-/t9-/m1/s1. The van der Waals surface area contributed by atoms with E-state index >= 15 is 0 Å². The molecule has 1 amide bonds. The molecule has 0 spiro atoms. The molecule has 2 nitrogen and oxygen atoms in total. The first-order valence-electron chi connectivity index (χ1n) is 5.46. The summed E-state index contributed by atoms with van der Waals surface area (Å²) in [6.07, 6.45) is 3.89. The van der Waals surface area contributed by atoms with Crippen molar-refractivity contribution in [2.24, 2.45) is 0 Å². The van der Waals surface area contributed by atoms with Crippen molar-refractivity contribution in [3.63, 3.8) is 0 Å². The zero-order valence-electron chi connectivity index (χ0n) is 9.84. The van der Waals surface area contributed by atoms with Crippen molar-refractivity contribution in [3.8, 4) is 0 Å². The number of hydrogen-bond donors (Lipinski definition) is 1. The van der Waals surface area contributed by atoms with Crippen LogP contribution in [0.4, 0.5) is 4.39 Å². The Hall–Kier alpha value is -1.35. The molecular weight excluding hydrogens is 241 g/mol. The van der Waals surface area contributed by atoms with Gasteiger partial charge in [-0.05, 0) is 37.1 Å². The van der Waals surface area contributed by atoms with Crippen LogP contribution in [0, 0.1) is 5.82 Å². The Morgan fingerprint density at radius 1 is 1.59 bits per heavy atom. The monoisotopic (exact) mass is 255 g/mol. The Bertz CT molecular complexity index is 431. The van der Waals surface area contributed by atoms with E-state index in [4.69, 9.17) is 11.6 Å². The molecule has 1 N–H and O–H groups in total. The molecular formula is C13H15ClFNO. The van der Waals surface area contributed by atoms with E-state index < -0.39 is 5.82 Å². The third-order valence-corrected chi connectivity index (χ3v) is 2.66. The molecule has 0 aromatic heterocycles. The van der Waals surface area contributed by atoms with Crippen molar-refractivity contribution < 1.29 is 9.18 Å². The number of rotatable bonds is 4. The largest absolute Gasteiger partial charge is 0.350 e. The maximum atomic E-state index is 12.9. The third kappa shape index (κ3) is 4.57. The van der Waals surface area contributed by atoms with E-state index in [1.54, 1.807) is 12.1 Å². The first-order chi connectivity index (χ1) is 8.02. The Balaban J connectivity index is 2.64. The van der Waals surface area contributed by atoms with Crippen LogP contribution in [-0.4, -0.2) is 11.9 Å². The molecule has 0 bridgehead atoms. The zero-order valence-corrected chi connectivity index (χ0v) is 10.6. The molecule has 0 aliphatic rings. The molecule has 0 saturated heterocycles. The molecule has 0 fully saturated rings. The maximum absolute atomic E-state index is 12.9. The molecule has 0 heterocycles. The van der Waals surface area contributed by atoms with Gasteiger partial charge in [0.15, 0.2) is 0 Å². The summed E-state index contributed by atoms with van der Waals surface area (Å²) >= 11 is 5.63. The number of hydrogen-bond acceptors (Lipinski definition) is 1. The Morgan fingerprint density at radius 2 is 2.29 bits per heavy atom. The fraction of sp³-hybridized carbons (Fsp3) is 0.308. The minimum atomic E-state index is -0.465. The molecule has 17 heavy (non-hydrogen) atoms. The van der Waals surface area contributed by atoms with Crippen LogP contribution in [0.15, 0.2) is 24.3 Å². The average Bonchev–Trinajstić information content (AvgIpc) is 2.30. The van der Waals surface area contributed by atoms with Gasteiger partial charge in [0.1, 0.15) is 5.82 Å². The van der Waals surface area contributed by atoms with E-state index in [0.29, 0.717) is 5.56 Å². The van der Waals surface area contributed by atoms with Crippen molar-refractivity contribution >= 4 is 23.6 Å². The summed E-state index contributed by atoms with van der Waals surface area (Å²) in [7, 11) is 0. The lowest BCUT2D eigenvalue weighted by atomic mass is 10.2. The van der Waals surface area contributed by atoms with Gasteiger partial charge in [-0.3, -0.25) is 4.79 Å². The van der Waals surface area contributed by atoms with Gasteiger partial charge in [0, 0.05) is 12.1 Å². The van der Waals surface area contributed by atoms with Crippen LogP contribution in [0.1, 0.15) is 25.8 Å². The summed E-state index contributed by atoms with van der Waals surface area (Å²) in [5.74, 6) is -0.632. The number of nitrogens with one attached hydrogen (secondary N) is 1. The second kappa shape index (κ2) is 6.40. The summed E-state index contributed by atoms with van der Waals surface area (Å²) in [4.78, 5) is 11.4. The first kappa shape index (κ1) is 13.7. The van der Waals surface area contributed by atoms with Crippen molar-refractivity contribution in [2.75, 3.05) is 0 Å². The summed E-state index contributed by atoms with van der Waals surface area (Å²) in [6, 6.07) is 4.45. The van der Waals surface area contributed by atoms with E-state index in [2.05, 4.69) is 5.32 Å². The number of halogens is 2. The lowest BCUT2D eigenvalue weighted by Crippen LogP contribution is -2.30. The molecule has 0 saturated carbocycles. The molecule has 1 aromatic carbocycles. The lowest BCUT2D eigenvalue weighted by molar-refractivity contribution is -0.117. The quantitative estimate of drug-likeness (QED) is 0.821. The van der Waals surface area contributed by atoms with Crippen molar-refractivity contribution in [1.82, 2.24) is 5.32 Å². The smallest absolute Gasteiger partial charge is 0.244 e. The van der Waals surface area contributed by atoms with Crippen LogP contribution < -0.4 is 5.32 Å². The molecule has 92 valence electrons. The maximum Gasteiger partial charge on any atom is 0.244 e. The minimum Gasteiger partial charge on any atom is -0.350 e. The Kier molecular flexibility index (Phi) is 5.16. The molecule has 0 unspecified atom stereocenters. The van der Waals surface area contributed by atoms with Gasteiger partial charge in [-0.25, -0.2) is 4.39 Å². The predicted octanol–water partition coefficient (Wildman–Crippen LogP) is 3.41. The van der Waals surface area contributed by atoms with Gasteiger partial charge in [0.05, 0.1) is 5.02 Å². The summed E-state index contributed by atoms with van der Waals surface area (Å²) in [6.45, 7) is 3.93. The first-order valence-corrected chi connectivity index (χ1v) is 5.84.